The predicted molar refractivity (Wildman–Crippen MR) is 81.7 cm³/mol. The van der Waals surface area contributed by atoms with Gasteiger partial charge in [0.2, 0.25) is 5.91 Å². The van der Waals surface area contributed by atoms with E-state index >= 15 is 0 Å². The third-order valence-corrected chi connectivity index (χ3v) is 4.64. The Morgan fingerprint density at radius 3 is 2.55 bits per heavy atom. The zero-order valence-corrected chi connectivity index (χ0v) is 13.2. The van der Waals surface area contributed by atoms with Crippen LogP contribution >= 0.6 is 0 Å². The van der Waals surface area contributed by atoms with Crippen molar-refractivity contribution < 1.29 is 4.79 Å². The molecular weight excluding hydrogens is 252 g/mol. The average Bonchev–Trinajstić information content (AvgIpc) is 2.94. The third kappa shape index (κ3) is 4.17. The minimum atomic E-state index is 0.0373. The summed E-state index contributed by atoms with van der Waals surface area (Å²) < 4.78 is 0. The molecule has 2 fully saturated rings. The van der Waals surface area contributed by atoms with Crippen molar-refractivity contribution in [2.75, 3.05) is 46.3 Å². The van der Waals surface area contributed by atoms with Gasteiger partial charge in [-0.1, -0.05) is 13.8 Å². The summed E-state index contributed by atoms with van der Waals surface area (Å²) in [6.45, 7) is 10.7. The monoisotopic (exact) mass is 282 g/mol. The maximum Gasteiger partial charge on any atom is 0.237 e. The van der Waals surface area contributed by atoms with E-state index in [-0.39, 0.29) is 11.9 Å². The maximum absolute atomic E-state index is 12.1. The number of carbonyl (C=O) groups excluding carboxylic acids is 1. The molecule has 116 valence electrons. The number of nitrogens with one attached hydrogen (secondary N) is 2. The van der Waals surface area contributed by atoms with E-state index in [1.165, 1.54) is 0 Å². The largest absolute Gasteiger partial charge is 0.353 e. The van der Waals surface area contributed by atoms with E-state index in [2.05, 4.69) is 41.3 Å². The van der Waals surface area contributed by atoms with E-state index in [1.54, 1.807) is 0 Å². The Kier molecular flexibility index (Phi) is 5.81. The van der Waals surface area contributed by atoms with Crippen molar-refractivity contribution in [1.29, 1.82) is 0 Å². The van der Waals surface area contributed by atoms with Gasteiger partial charge in [-0.25, -0.2) is 0 Å². The maximum atomic E-state index is 12.1. The number of amides is 1. The fourth-order valence-corrected chi connectivity index (χ4v) is 3.18. The Hall–Kier alpha value is -0.650. The molecule has 0 saturated carbocycles. The Balaban J connectivity index is 1.81. The minimum absolute atomic E-state index is 0.0373. The second-order valence-corrected chi connectivity index (χ2v) is 6.54. The quantitative estimate of drug-likeness (QED) is 0.752. The van der Waals surface area contributed by atoms with Gasteiger partial charge in [0.15, 0.2) is 0 Å². The molecule has 0 radical (unpaired) electrons. The molecule has 2 aliphatic rings. The molecule has 2 saturated heterocycles. The lowest BCUT2D eigenvalue weighted by Crippen LogP contribution is -2.55. The van der Waals surface area contributed by atoms with Crippen molar-refractivity contribution in [3.8, 4) is 0 Å². The number of likely N-dealkylation sites (N-methyl/N-ethyl adjacent to an activating group) is 1. The van der Waals surface area contributed by atoms with Gasteiger partial charge in [0, 0.05) is 38.8 Å². The van der Waals surface area contributed by atoms with E-state index in [9.17, 15) is 4.79 Å². The number of hydrogen-bond donors (Lipinski definition) is 2. The van der Waals surface area contributed by atoms with Crippen LogP contribution in [0.4, 0.5) is 0 Å². The van der Waals surface area contributed by atoms with E-state index in [1.807, 2.05) is 0 Å². The fourth-order valence-electron chi connectivity index (χ4n) is 3.18. The van der Waals surface area contributed by atoms with Crippen LogP contribution in [0.2, 0.25) is 0 Å². The summed E-state index contributed by atoms with van der Waals surface area (Å²) in [5.74, 6) is 0.748. The van der Waals surface area contributed by atoms with Crippen LogP contribution in [-0.4, -0.2) is 74.1 Å². The van der Waals surface area contributed by atoms with Gasteiger partial charge in [0.25, 0.3) is 0 Å². The predicted octanol–water partition coefficient (Wildman–Crippen LogP) is 0.127. The van der Waals surface area contributed by atoms with E-state index in [0.29, 0.717) is 12.0 Å². The molecule has 2 N–H and O–H groups in total. The van der Waals surface area contributed by atoms with Crippen LogP contribution < -0.4 is 10.6 Å². The first-order chi connectivity index (χ1) is 9.58. The van der Waals surface area contributed by atoms with Gasteiger partial charge in [-0.2, -0.15) is 0 Å². The summed E-state index contributed by atoms with van der Waals surface area (Å²) in [5.41, 5.74) is 0. The number of piperazine rings is 1. The normalized spacial score (nSPS) is 26.9. The van der Waals surface area contributed by atoms with Crippen LogP contribution in [0.25, 0.3) is 0 Å². The number of hydrogen-bond acceptors (Lipinski definition) is 4. The Bertz CT molecular complexity index is 307. The molecule has 2 rings (SSSR count). The highest BCUT2D eigenvalue weighted by Gasteiger charge is 2.27. The molecule has 1 unspecified atom stereocenters. The number of rotatable bonds is 5. The highest BCUT2D eigenvalue weighted by Crippen LogP contribution is 2.13. The highest BCUT2D eigenvalue weighted by atomic mass is 16.2. The summed E-state index contributed by atoms with van der Waals surface area (Å²) in [7, 11) is 2.18. The van der Waals surface area contributed by atoms with Crippen LogP contribution in [0.3, 0.4) is 0 Å². The van der Waals surface area contributed by atoms with Crippen LogP contribution in [0, 0.1) is 5.92 Å². The zero-order chi connectivity index (χ0) is 14.5. The molecule has 0 aromatic carbocycles. The Morgan fingerprint density at radius 1 is 1.30 bits per heavy atom. The summed E-state index contributed by atoms with van der Waals surface area (Å²) in [6.07, 6.45) is 2.09. The molecule has 1 amide bonds. The van der Waals surface area contributed by atoms with Gasteiger partial charge in [-0.3, -0.25) is 9.69 Å². The summed E-state index contributed by atoms with van der Waals surface area (Å²) >= 11 is 0. The first-order valence-corrected chi connectivity index (χ1v) is 8.01. The van der Waals surface area contributed by atoms with Gasteiger partial charge in [-0.15, -0.1) is 0 Å². The van der Waals surface area contributed by atoms with Crippen molar-refractivity contribution in [2.24, 2.45) is 5.92 Å². The molecule has 2 aliphatic heterocycles. The molecule has 2 heterocycles. The van der Waals surface area contributed by atoms with Crippen molar-refractivity contribution in [3.05, 3.63) is 0 Å². The number of nitrogens with zero attached hydrogens (tertiary/aromatic N) is 2. The molecule has 0 aromatic rings. The van der Waals surface area contributed by atoms with Gasteiger partial charge < -0.3 is 15.5 Å². The second-order valence-electron chi connectivity index (χ2n) is 6.54. The molecule has 0 bridgehead atoms. The summed E-state index contributed by atoms with van der Waals surface area (Å²) in [4.78, 5) is 17.0. The summed E-state index contributed by atoms with van der Waals surface area (Å²) in [5, 5.41) is 6.42. The first-order valence-electron chi connectivity index (χ1n) is 8.01. The average molecular weight is 282 g/mol. The molecule has 0 spiro atoms. The lowest BCUT2D eigenvalue weighted by molar-refractivity contribution is -0.123. The molecule has 0 aliphatic carbocycles. The van der Waals surface area contributed by atoms with Crippen molar-refractivity contribution in [3.63, 3.8) is 0 Å². The van der Waals surface area contributed by atoms with Gasteiger partial charge >= 0.3 is 0 Å². The molecule has 20 heavy (non-hydrogen) atoms. The SMILES string of the molecule is CC(C)C(CNC(=O)[C@H]1CCCN1)N1CCN(C)CC1. The van der Waals surface area contributed by atoms with Gasteiger partial charge in [0.1, 0.15) is 0 Å². The van der Waals surface area contributed by atoms with Gasteiger partial charge in [-0.05, 0) is 32.4 Å². The molecule has 0 aromatic heterocycles. The lowest BCUT2D eigenvalue weighted by Gasteiger charge is -2.40. The standard InChI is InChI=1S/C15H30N4O/c1-12(2)14(19-9-7-18(3)8-10-19)11-17-15(20)13-5-4-6-16-13/h12-14,16H,4-11H2,1-3H3,(H,17,20)/t13-,14?/m1/s1. The topological polar surface area (TPSA) is 47.6 Å². The van der Waals surface area contributed by atoms with Gasteiger partial charge in [0.05, 0.1) is 6.04 Å². The van der Waals surface area contributed by atoms with Crippen LogP contribution in [-0.2, 0) is 4.79 Å². The number of carbonyl (C=O) groups is 1. The lowest BCUT2D eigenvalue weighted by atomic mass is 10.0. The first kappa shape index (κ1) is 15.7. The minimum Gasteiger partial charge on any atom is -0.353 e. The molecular formula is C15H30N4O. The molecule has 5 heteroatoms. The second kappa shape index (κ2) is 7.38. The van der Waals surface area contributed by atoms with Crippen LogP contribution in [0.15, 0.2) is 0 Å². The van der Waals surface area contributed by atoms with Crippen molar-refractivity contribution in [2.45, 2.75) is 38.8 Å². The smallest absolute Gasteiger partial charge is 0.237 e. The molecule has 2 atom stereocenters. The van der Waals surface area contributed by atoms with E-state index < -0.39 is 0 Å². The third-order valence-electron chi connectivity index (χ3n) is 4.64. The van der Waals surface area contributed by atoms with Crippen LogP contribution in [0.5, 0.6) is 0 Å². The van der Waals surface area contributed by atoms with E-state index in [0.717, 1.165) is 52.1 Å². The highest BCUT2D eigenvalue weighted by molar-refractivity contribution is 5.82. The molecule has 5 nitrogen and oxygen atoms in total. The Morgan fingerprint density at radius 2 is 2.00 bits per heavy atom. The fraction of sp³-hybridized carbons (Fsp3) is 0.933. The summed E-state index contributed by atoms with van der Waals surface area (Å²) in [6, 6.07) is 0.490. The Labute approximate surface area is 123 Å². The van der Waals surface area contributed by atoms with E-state index in [4.69, 9.17) is 0 Å². The van der Waals surface area contributed by atoms with Crippen molar-refractivity contribution in [1.82, 2.24) is 20.4 Å². The van der Waals surface area contributed by atoms with Crippen LogP contribution in [0.1, 0.15) is 26.7 Å². The van der Waals surface area contributed by atoms with Crippen molar-refractivity contribution >= 4 is 5.91 Å². The zero-order valence-electron chi connectivity index (χ0n) is 13.2.